The molecule has 0 bridgehead atoms. The molecule has 0 radical (unpaired) electrons. The number of aliphatic carboxylic acids is 1. The van der Waals surface area contributed by atoms with Crippen LogP contribution >= 0.6 is 23.2 Å². The van der Waals surface area contributed by atoms with E-state index in [0.29, 0.717) is 5.02 Å². The quantitative estimate of drug-likeness (QED) is 0.862. The van der Waals surface area contributed by atoms with Crippen LogP contribution in [0.4, 0.5) is 0 Å². The second-order valence-electron chi connectivity index (χ2n) is 3.77. The van der Waals surface area contributed by atoms with Crippen molar-refractivity contribution in [2.75, 3.05) is 0 Å². The maximum absolute atomic E-state index is 10.7. The van der Waals surface area contributed by atoms with Gasteiger partial charge < -0.3 is 5.11 Å². The van der Waals surface area contributed by atoms with E-state index in [2.05, 4.69) is 0 Å². The van der Waals surface area contributed by atoms with E-state index in [1.165, 1.54) is 0 Å². The van der Waals surface area contributed by atoms with Gasteiger partial charge in [-0.1, -0.05) is 48.0 Å². The molecule has 0 fully saturated rings. The van der Waals surface area contributed by atoms with E-state index >= 15 is 0 Å². The number of halogens is 2. The molecule has 0 spiro atoms. The number of alkyl halides is 1. The highest BCUT2D eigenvalue weighted by molar-refractivity contribution is 6.36. The van der Waals surface area contributed by atoms with E-state index in [9.17, 15) is 4.79 Å². The van der Waals surface area contributed by atoms with E-state index in [4.69, 9.17) is 28.3 Å². The summed E-state index contributed by atoms with van der Waals surface area (Å²) in [7, 11) is 0. The molecule has 4 heteroatoms. The summed E-state index contributed by atoms with van der Waals surface area (Å²) in [5.74, 6) is -1.03. The number of hydrogen-bond acceptors (Lipinski definition) is 1. The molecule has 0 aliphatic rings. The van der Waals surface area contributed by atoms with Crippen LogP contribution in [-0.4, -0.2) is 16.5 Å². The maximum atomic E-state index is 10.7. The molecule has 1 atom stereocenters. The lowest BCUT2D eigenvalue weighted by molar-refractivity contribution is -0.136. The molecule has 0 saturated carbocycles. The van der Waals surface area contributed by atoms with Gasteiger partial charge in [-0.05, 0) is 10.9 Å². The van der Waals surface area contributed by atoms with Gasteiger partial charge >= 0.3 is 5.97 Å². The predicted octanol–water partition coefficient (Wildman–Crippen LogP) is 3.73. The van der Waals surface area contributed by atoms with Crippen molar-refractivity contribution in [3.8, 4) is 0 Å². The molecule has 0 unspecified atom stereocenters. The predicted molar refractivity (Wildman–Crippen MR) is 69.9 cm³/mol. The van der Waals surface area contributed by atoms with Gasteiger partial charge in [-0.25, -0.2) is 0 Å². The van der Waals surface area contributed by atoms with E-state index in [0.717, 1.165) is 16.3 Å². The van der Waals surface area contributed by atoms with Crippen LogP contribution in [0, 0.1) is 0 Å². The molecule has 2 aromatic carbocycles. The minimum atomic E-state index is -1.03. The summed E-state index contributed by atoms with van der Waals surface area (Å²) in [6.45, 7) is 0. The molecular weight excluding hydrogens is 259 g/mol. The third-order valence-electron chi connectivity index (χ3n) is 2.61. The monoisotopic (exact) mass is 268 g/mol. The molecular formula is C13H10Cl2O2. The Balaban J connectivity index is 2.42. The smallest absolute Gasteiger partial charge is 0.321 e. The van der Waals surface area contributed by atoms with Crippen molar-refractivity contribution in [1.29, 1.82) is 0 Å². The summed E-state index contributed by atoms with van der Waals surface area (Å²) in [5.41, 5.74) is 0.757. The minimum Gasteiger partial charge on any atom is -0.480 e. The fourth-order valence-corrected chi connectivity index (χ4v) is 2.20. The Morgan fingerprint density at radius 2 is 1.94 bits per heavy atom. The van der Waals surface area contributed by atoms with Crippen LogP contribution in [0.25, 0.3) is 10.8 Å². The molecule has 1 N–H and O–H groups in total. The Hall–Kier alpha value is -1.25. The molecule has 88 valence electrons. The van der Waals surface area contributed by atoms with Crippen LogP contribution < -0.4 is 0 Å². The van der Waals surface area contributed by atoms with Crippen LogP contribution in [-0.2, 0) is 11.2 Å². The zero-order valence-electron chi connectivity index (χ0n) is 8.86. The Labute approximate surface area is 109 Å². The normalized spacial score (nSPS) is 12.6. The van der Waals surface area contributed by atoms with Crippen molar-refractivity contribution in [2.45, 2.75) is 11.8 Å². The Kier molecular flexibility index (Phi) is 3.55. The van der Waals surface area contributed by atoms with Crippen molar-refractivity contribution in [3.05, 3.63) is 47.0 Å². The largest absolute Gasteiger partial charge is 0.480 e. The molecule has 2 nitrogen and oxygen atoms in total. The Morgan fingerprint density at radius 1 is 1.24 bits per heavy atom. The van der Waals surface area contributed by atoms with Crippen LogP contribution in [0.5, 0.6) is 0 Å². The molecule has 0 heterocycles. The highest BCUT2D eigenvalue weighted by Crippen LogP contribution is 2.28. The third kappa shape index (κ3) is 2.54. The average molecular weight is 269 g/mol. The van der Waals surface area contributed by atoms with E-state index < -0.39 is 11.3 Å². The summed E-state index contributed by atoms with van der Waals surface area (Å²) in [4.78, 5) is 10.7. The summed E-state index contributed by atoms with van der Waals surface area (Å²) in [5, 5.41) is 10.3. The summed E-state index contributed by atoms with van der Waals surface area (Å²) in [6.07, 6.45) is 0.223. The van der Waals surface area contributed by atoms with Crippen molar-refractivity contribution in [3.63, 3.8) is 0 Å². The van der Waals surface area contributed by atoms with E-state index in [1.54, 1.807) is 0 Å². The highest BCUT2D eigenvalue weighted by Gasteiger charge is 2.16. The SMILES string of the molecule is O=C(O)[C@@H](Cl)Cc1ccc2ccccc2c1Cl. The fraction of sp³-hybridized carbons (Fsp3) is 0.154. The first-order chi connectivity index (χ1) is 8.09. The number of carbonyl (C=O) groups is 1. The van der Waals surface area contributed by atoms with Gasteiger partial charge in [0.05, 0.1) is 5.02 Å². The van der Waals surface area contributed by atoms with E-state index in [1.807, 2.05) is 36.4 Å². The van der Waals surface area contributed by atoms with Crippen LogP contribution in [0.15, 0.2) is 36.4 Å². The molecule has 0 amide bonds. The van der Waals surface area contributed by atoms with Crippen LogP contribution in [0.3, 0.4) is 0 Å². The lowest BCUT2D eigenvalue weighted by Gasteiger charge is -2.09. The third-order valence-corrected chi connectivity index (χ3v) is 3.40. The standard InChI is InChI=1S/C13H10Cl2O2/c14-11(13(16)17)7-9-6-5-8-3-1-2-4-10(8)12(9)15/h1-6,11H,7H2,(H,16,17)/t11-/m0/s1. The summed E-state index contributed by atoms with van der Waals surface area (Å²) in [6, 6.07) is 11.4. The molecule has 0 saturated heterocycles. The Morgan fingerprint density at radius 3 is 2.65 bits per heavy atom. The summed E-state index contributed by atoms with van der Waals surface area (Å²) >= 11 is 12.0. The molecule has 0 aromatic heterocycles. The van der Waals surface area contributed by atoms with Gasteiger partial charge in [0.2, 0.25) is 0 Å². The zero-order valence-corrected chi connectivity index (χ0v) is 10.4. The van der Waals surface area contributed by atoms with E-state index in [-0.39, 0.29) is 6.42 Å². The zero-order chi connectivity index (χ0) is 12.4. The first-order valence-electron chi connectivity index (χ1n) is 5.12. The highest BCUT2D eigenvalue weighted by atomic mass is 35.5. The topological polar surface area (TPSA) is 37.3 Å². The van der Waals surface area contributed by atoms with Crippen LogP contribution in [0.1, 0.15) is 5.56 Å². The number of fused-ring (bicyclic) bond motifs is 1. The maximum Gasteiger partial charge on any atom is 0.321 e. The first-order valence-corrected chi connectivity index (χ1v) is 5.94. The second kappa shape index (κ2) is 4.94. The molecule has 2 rings (SSSR count). The number of benzene rings is 2. The second-order valence-corrected chi connectivity index (χ2v) is 4.67. The lowest BCUT2D eigenvalue weighted by Crippen LogP contribution is -2.16. The van der Waals surface area contributed by atoms with Gasteiger partial charge in [0, 0.05) is 11.8 Å². The molecule has 17 heavy (non-hydrogen) atoms. The first kappa shape index (κ1) is 12.2. The number of hydrogen-bond donors (Lipinski definition) is 1. The van der Waals surface area contributed by atoms with Crippen molar-refractivity contribution >= 4 is 39.9 Å². The van der Waals surface area contributed by atoms with Gasteiger partial charge in [0.1, 0.15) is 5.38 Å². The lowest BCUT2D eigenvalue weighted by atomic mass is 10.0. The Bertz CT molecular complexity index is 566. The van der Waals surface area contributed by atoms with Gasteiger partial charge in [0.25, 0.3) is 0 Å². The summed E-state index contributed by atoms with van der Waals surface area (Å²) < 4.78 is 0. The van der Waals surface area contributed by atoms with Gasteiger partial charge in [-0.3, -0.25) is 4.79 Å². The van der Waals surface area contributed by atoms with Gasteiger partial charge in [-0.2, -0.15) is 0 Å². The minimum absolute atomic E-state index is 0.223. The number of rotatable bonds is 3. The van der Waals surface area contributed by atoms with Gasteiger partial charge in [-0.15, -0.1) is 11.6 Å². The average Bonchev–Trinajstić information content (AvgIpc) is 2.33. The van der Waals surface area contributed by atoms with Crippen molar-refractivity contribution in [2.24, 2.45) is 0 Å². The van der Waals surface area contributed by atoms with Crippen molar-refractivity contribution < 1.29 is 9.90 Å². The number of carboxylic acids is 1. The molecule has 0 aliphatic heterocycles. The number of carboxylic acid groups (broad SMARTS) is 1. The molecule has 2 aromatic rings. The van der Waals surface area contributed by atoms with Gasteiger partial charge in [0.15, 0.2) is 0 Å². The van der Waals surface area contributed by atoms with Crippen molar-refractivity contribution in [1.82, 2.24) is 0 Å². The fourth-order valence-electron chi connectivity index (χ4n) is 1.72. The van der Waals surface area contributed by atoms with Crippen LogP contribution in [0.2, 0.25) is 5.02 Å². The molecule has 0 aliphatic carbocycles.